The van der Waals surface area contributed by atoms with Crippen LogP contribution in [0.5, 0.6) is 0 Å². The van der Waals surface area contributed by atoms with E-state index in [-0.39, 0.29) is 5.78 Å². The summed E-state index contributed by atoms with van der Waals surface area (Å²) in [5.41, 5.74) is 5.19. The third-order valence-corrected chi connectivity index (χ3v) is 3.96. The lowest BCUT2D eigenvalue weighted by Gasteiger charge is -2.09. The fourth-order valence-electron chi connectivity index (χ4n) is 2.79. The first-order chi connectivity index (χ1) is 11.2. The maximum atomic E-state index is 12.2. The second-order valence-electron chi connectivity index (χ2n) is 5.56. The molecule has 2 nitrogen and oxygen atoms in total. The van der Waals surface area contributed by atoms with Crippen molar-refractivity contribution >= 4 is 11.9 Å². The molecule has 0 N–H and O–H groups in total. The second-order valence-corrected chi connectivity index (χ2v) is 5.56. The zero-order chi connectivity index (χ0) is 16.2. The normalized spacial score (nSPS) is 11.0. The topological polar surface area (TPSA) is 22.0 Å². The minimum Gasteiger partial charge on any atom is -0.318 e. The van der Waals surface area contributed by atoms with E-state index >= 15 is 0 Å². The van der Waals surface area contributed by atoms with Gasteiger partial charge in [-0.3, -0.25) is 4.79 Å². The van der Waals surface area contributed by atoms with Gasteiger partial charge in [-0.1, -0.05) is 48.5 Å². The number of carbonyl (C=O) groups is 1. The van der Waals surface area contributed by atoms with Crippen molar-refractivity contribution in [2.75, 3.05) is 0 Å². The molecular formula is C21H19NO. The maximum absolute atomic E-state index is 12.2. The number of aromatic nitrogens is 1. The Morgan fingerprint density at radius 2 is 1.52 bits per heavy atom. The number of aryl methyl sites for hydroxylation is 1. The van der Waals surface area contributed by atoms with Crippen LogP contribution >= 0.6 is 0 Å². The molecule has 0 bridgehead atoms. The summed E-state index contributed by atoms with van der Waals surface area (Å²) in [6.07, 6.45) is 3.55. The smallest absolute Gasteiger partial charge is 0.185 e. The summed E-state index contributed by atoms with van der Waals surface area (Å²) < 4.78 is 2.20. The zero-order valence-electron chi connectivity index (χ0n) is 13.4. The van der Waals surface area contributed by atoms with Crippen LogP contribution in [0.1, 0.15) is 27.3 Å². The molecule has 0 radical (unpaired) electrons. The van der Waals surface area contributed by atoms with Gasteiger partial charge in [0.2, 0.25) is 0 Å². The molecule has 1 aromatic heterocycles. The SMILES string of the molecule is Cc1cc(/C=C/C(=O)c2ccccc2)c(C)n1-c1ccccc1. The molecule has 2 aromatic carbocycles. The van der Waals surface area contributed by atoms with Crippen LogP contribution in [0, 0.1) is 13.8 Å². The van der Waals surface area contributed by atoms with Crippen molar-refractivity contribution in [2.45, 2.75) is 13.8 Å². The van der Waals surface area contributed by atoms with Gasteiger partial charge in [0.1, 0.15) is 0 Å². The van der Waals surface area contributed by atoms with Gasteiger partial charge in [0.05, 0.1) is 0 Å². The van der Waals surface area contributed by atoms with Crippen LogP contribution in [0.3, 0.4) is 0 Å². The number of rotatable bonds is 4. The summed E-state index contributed by atoms with van der Waals surface area (Å²) in [5, 5.41) is 0. The third-order valence-electron chi connectivity index (χ3n) is 3.96. The molecule has 0 aliphatic heterocycles. The molecule has 0 unspecified atom stereocenters. The average Bonchev–Trinajstić information content (AvgIpc) is 2.88. The minimum absolute atomic E-state index is 0.0233. The molecule has 23 heavy (non-hydrogen) atoms. The molecule has 1 heterocycles. The molecule has 3 aromatic rings. The number of carbonyl (C=O) groups excluding carboxylic acids is 1. The number of hydrogen-bond acceptors (Lipinski definition) is 1. The van der Waals surface area contributed by atoms with Crippen LogP contribution in [-0.2, 0) is 0 Å². The molecule has 0 fully saturated rings. The minimum atomic E-state index is 0.0233. The first-order valence-corrected chi connectivity index (χ1v) is 7.68. The lowest BCUT2D eigenvalue weighted by molar-refractivity contribution is 0.104. The van der Waals surface area contributed by atoms with Gasteiger partial charge in [-0.05, 0) is 49.8 Å². The quantitative estimate of drug-likeness (QED) is 0.491. The van der Waals surface area contributed by atoms with E-state index in [1.165, 1.54) is 0 Å². The van der Waals surface area contributed by atoms with Crippen molar-refractivity contribution in [3.8, 4) is 5.69 Å². The molecule has 0 aliphatic rings. The standard InChI is InChI=1S/C21H19NO/c1-16-15-19(13-14-21(23)18-9-5-3-6-10-18)17(2)22(16)20-11-7-4-8-12-20/h3-15H,1-2H3/b14-13+. The van der Waals surface area contributed by atoms with E-state index in [1.807, 2.05) is 54.6 Å². The molecule has 0 atom stereocenters. The first-order valence-electron chi connectivity index (χ1n) is 7.68. The Kier molecular flexibility index (Phi) is 4.24. The van der Waals surface area contributed by atoms with Crippen molar-refractivity contribution in [1.29, 1.82) is 0 Å². The fraction of sp³-hybridized carbons (Fsp3) is 0.0952. The van der Waals surface area contributed by atoms with Crippen molar-refractivity contribution in [1.82, 2.24) is 4.57 Å². The van der Waals surface area contributed by atoms with Crippen LogP contribution < -0.4 is 0 Å². The lowest BCUT2D eigenvalue weighted by Crippen LogP contribution is -1.98. The number of hydrogen-bond donors (Lipinski definition) is 0. The predicted octanol–water partition coefficient (Wildman–Crippen LogP) is 4.99. The van der Waals surface area contributed by atoms with Gasteiger partial charge in [0, 0.05) is 22.6 Å². The van der Waals surface area contributed by atoms with Crippen molar-refractivity contribution < 1.29 is 4.79 Å². The number of ketones is 1. The van der Waals surface area contributed by atoms with Gasteiger partial charge in [-0.25, -0.2) is 0 Å². The summed E-state index contributed by atoms with van der Waals surface area (Å²) >= 11 is 0. The molecule has 2 heteroatoms. The van der Waals surface area contributed by atoms with Crippen LogP contribution in [0.25, 0.3) is 11.8 Å². The van der Waals surface area contributed by atoms with Crippen molar-refractivity contribution in [3.63, 3.8) is 0 Å². The van der Waals surface area contributed by atoms with E-state index in [4.69, 9.17) is 0 Å². The van der Waals surface area contributed by atoms with Crippen LogP contribution in [0.15, 0.2) is 72.8 Å². The Morgan fingerprint density at radius 1 is 0.913 bits per heavy atom. The van der Waals surface area contributed by atoms with E-state index in [0.717, 1.165) is 22.6 Å². The highest BCUT2D eigenvalue weighted by molar-refractivity contribution is 6.06. The molecule has 114 valence electrons. The Hall–Kier alpha value is -2.87. The van der Waals surface area contributed by atoms with E-state index in [1.54, 1.807) is 6.08 Å². The summed E-state index contributed by atoms with van der Waals surface area (Å²) in [6, 6.07) is 21.7. The van der Waals surface area contributed by atoms with Gasteiger partial charge in [-0.15, -0.1) is 0 Å². The van der Waals surface area contributed by atoms with E-state index in [0.29, 0.717) is 5.56 Å². The number of benzene rings is 2. The van der Waals surface area contributed by atoms with E-state index < -0.39 is 0 Å². The third kappa shape index (κ3) is 3.16. The summed E-state index contributed by atoms with van der Waals surface area (Å²) in [7, 11) is 0. The van der Waals surface area contributed by atoms with Gasteiger partial charge >= 0.3 is 0 Å². The van der Waals surface area contributed by atoms with Crippen LogP contribution in [0.2, 0.25) is 0 Å². The monoisotopic (exact) mass is 301 g/mol. The largest absolute Gasteiger partial charge is 0.318 e. The summed E-state index contributed by atoms with van der Waals surface area (Å²) in [5.74, 6) is 0.0233. The first kappa shape index (κ1) is 15.0. The van der Waals surface area contributed by atoms with Crippen molar-refractivity contribution in [2.24, 2.45) is 0 Å². The van der Waals surface area contributed by atoms with E-state index in [9.17, 15) is 4.79 Å². The fourth-order valence-corrected chi connectivity index (χ4v) is 2.79. The molecule has 0 saturated heterocycles. The Bertz CT molecular complexity index is 842. The van der Waals surface area contributed by atoms with Crippen LogP contribution in [-0.4, -0.2) is 10.4 Å². The Labute approximate surface area is 136 Å². The summed E-state index contributed by atoms with van der Waals surface area (Å²) in [6.45, 7) is 4.16. The number of nitrogens with zero attached hydrogens (tertiary/aromatic N) is 1. The molecule has 0 saturated carbocycles. The highest BCUT2D eigenvalue weighted by atomic mass is 16.1. The van der Waals surface area contributed by atoms with E-state index in [2.05, 4.69) is 36.6 Å². The highest BCUT2D eigenvalue weighted by Gasteiger charge is 2.09. The lowest BCUT2D eigenvalue weighted by atomic mass is 10.1. The maximum Gasteiger partial charge on any atom is 0.185 e. The van der Waals surface area contributed by atoms with Crippen LogP contribution in [0.4, 0.5) is 0 Å². The van der Waals surface area contributed by atoms with Gasteiger partial charge in [0.15, 0.2) is 5.78 Å². The molecule has 0 spiro atoms. The predicted molar refractivity (Wildman–Crippen MR) is 95.0 cm³/mol. The number of para-hydroxylation sites is 1. The molecule has 3 rings (SSSR count). The van der Waals surface area contributed by atoms with Crippen molar-refractivity contribution in [3.05, 3.63) is 95.3 Å². The highest BCUT2D eigenvalue weighted by Crippen LogP contribution is 2.21. The molecular weight excluding hydrogens is 282 g/mol. The Morgan fingerprint density at radius 3 is 2.17 bits per heavy atom. The van der Waals surface area contributed by atoms with Gasteiger partial charge in [0.25, 0.3) is 0 Å². The second kappa shape index (κ2) is 6.49. The average molecular weight is 301 g/mol. The van der Waals surface area contributed by atoms with Gasteiger partial charge in [-0.2, -0.15) is 0 Å². The number of allylic oxidation sites excluding steroid dienone is 1. The summed E-state index contributed by atoms with van der Waals surface area (Å²) in [4.78, 5) is 12.2. The molecule has 0 amide bonds. The van der Waals surface area contributed by atoms with Gasteiger partial charge < -0.3 is 4.57 Å². The zero-order valence-corrected chi connectivity index (χ0v) is 13.4. The Balaban J connectivity index is 1.90. The molecule has 0 aliphatic carbocycles.